The fourth-order valence-electron chi connectivity index (χ4n) is 2.70. The molecule has 0 radical (unpaired) electrons. The molecule has 2 aliphatic rings. The average molecular weight is 302 g/mol. The van der Waals surface area contributed by atoms with Crippen LogP contribution in [0.3, 0.4) is 0 Å². The molecule has 22 heavy (non-hydrogen) atoms. The van der Waals surface area contributed by atoms with E-state index in [1.807, 2.05) is 6.07 Å². The van der Waals surface area contributed by atoms with E-state index in [4.69, 9.17) is 4.74 Å². The quantitative estimate of drug-likeness (QED) is 0.827. The van der Waals surface area contributed by atoms with Crippen molar-refractivity contribution in [3.8, 4) is 0 Å². The third kappa shape index (κ3) is 2.75. The SMILES string of the molecule is O=C1C(O)=C(c2ccccc2)C(=O)N1CCN1CCOCC1. The highest BCUT2D eigenvalue weighted by Gasteiger charge is 2.39. The number of benzene rings is 1. The van der Waals surface area contributed by atoms with E-state index in [1.165, 1.54) is 0 Å². The Morgan fingerprint density at radius 1 is 1.00 bits per heavy atom. The highest BCUT2D eigenvalue weighted by molar-refractivity contribution is 6.34. The minimum atomic E-state index is -0.614. The summed E-state index contributed by atoms with van der Waals surface area (Å²) in [5.74, 6) is -1.50. The number of amides is 2. The largest absolute Gasteiger partial charge is 0.502 e. The van der Waals surface area contributed by atoms with Gasteiger partial charge in [0.05, 0.1) is 18.8 Å². The van der Waals surface area contributed by atoms with Crippen LogP contribution in [-0.4, -0.2) is 66.1 Å². The van der Waals surface area contributed by atoms with Crippen molar-refractivity contribution in [2.24, 2.45) is 0 Å². The van der Waals surface area contributed by atoms with Gasteiger partial charge < -0.3 is 9.84 Å². The van der Waals surface area contributed by atoms with Gasteiger partial charge in [-0.15, -0.1) is 0 Å². The zero-order valence-corrected chi connectivity index (χ0v) is 12.2. The van der Waals surface area contributed by atoms with Gasteiger partial charge in [-0.1, -0.05) is 30.3 Å². The first kappa shape index (κ1) is 14.7. The van der Waals surface area contributed by atoms with Crippen molar-refractivity contribution < 1.29 is 19.4 Å². The van der Waals surface area contributed by atoms with Crippen LogP contribution in [0.4, 0.5) is 0 Å². The number of ether oxygens (including phenoxy) is 1. The number of rotatable bonds is 4. The van der Waals surface area contributed by atoms with Crippen LogP contribution in [0.2, 0.25) is 0 Å². The lowest BCUT2D eigenvalue weighted by Crippen LogP contribution is -2.43. The standard InChI is InChI=1S/C16H18N2O4/c19-14-13(12-4-2-1-3-5-12)15(20)18(16(14)21)7-6-17-8-10-22-11-9-17/h1-5,19H,6-11H2. The monoisotopic (exact) mass is 302 g/mol. The van der Waals surface area contributed by atoms with E-state index in [1.54, 1.807) is 24.3 Å². The Morgan fingerprint density at radius 3 is 2.36 bits per heavy atom. The molecule has 2 amide bonds. The number of carbonyl (C=O) groups is 2. The lowest BCUT2D eigenvalue weighted by molar-refractivity contribution is -0.138. The highest BCUT2D eigenvalue weighted by atomic mass is 16.5. The number of morpholine rings is 1. The third-order valence-corrected chi connectivity index (χ3v) is 3.95. The minimum Gasteiger partial charge on any atom is -0.502 e. The maximum absolute atomic E-state index is 12.4. The van der Waals surface area contributed by atoms with Gasteiger partial charge in [-0.05, 0) is 5.56 Å². The van der Waals surface area contributed by atoms with E-state index in [2.05, 4.69) is 4.90 Å². The number of imide groups is 1. The Balaban J connectivity index is 1.71. The van der Waals surface area contributed by atoms with Crippen LogP contribution in [-0.2, 0) is 14.3 Å². The van der Waals surface area contributed by atoms with Crippen molar-refractivity contribution in [3.63, 3.8) is 0 Å². The van der Waals surface area contributed by atoms with Crippen LogP contribution in [0.5, 0.6) is 0 Å². The highest BCUT2D eigenvalue weighted by Crippen LogP contribution is 2.27. The molecule has 1 fully saturated rings. The summed E-state index contributed by atoms with van der Waals surface area (Å²) in [5, 5.41) is 10.0. The predicted octanol–water partition coefficient (Wildman–Crippen LogP) is 0.657. The molecule has 1 N–H and O–H groups in total. The fourth-order valence-corrected chi connectivity index (χ4v) is 2.70. The van der Waals surface area contributed by atoms with Gasteiger partial charge in [-0.3, -0.25) is 19.4 Å². The molecule has 0 aromatic heterocycles. The normalized spacial score (nSPS) is 20.1. The molecule has 0 unspecified atom stereocenters. The van der Waals surface area contributed by atoms with Gasteiger partial charge in [-0.25, -0.2) is 0 Å². The van der Waals surface area contributed by atoms with Gasteiger partial charge in [-0.2, -0.15) is 0 Å². The van der Waals surface area contributed by atoms with E-state index in [-0.39, 0.29) is 12.1 Å². The van der Waals surface area contributed by atoms with Gasteiger partial charge >= 0.3 is 0 Å². The second-order valence-corrected chi connectivity index (χ2v) is 5.31. The molecule has 1 aromatic rings. The zero-order chi connectivity index (χ0) is 15.5. The second kappa shape index (κ2) is 6.29. The summed E-state index contributed by atoms with van der Waals surface area (Å²) in [5.41, 5.74) is 0.653. The number of hydrogen-bond acceptors (Lipinski definition) is 5. The first-order valence-corrected chi connectivity index (χ1v) is 7.33. The summed E-state index contributed by atoms with van der Waals surface area (Å²) in [4.78, 5) is 27.8. The number of nitrogens with zero attached hydrogens (tertiary/aromatic N) is 2. The Bertz CT molecular complexity index is 606. The molecule has 0 saturated carbocycles. The summed E-state index contributed by atoms with van der Waals surface area (Å²) < 4.78 is 5.27. The number of aliphatic hydroxyl groups is 1. The number of carbonyl (C=O) groups excluding carboxylic acids is 2. The molecule has 116 valence electrons. The molecule has 2 heterocycles. The Hall–Kier alpha value is -2.18. The average Bonchev–Trinajstić information content (AvgIpc) is 2.77. The van der Waals surface area contributed by atoms with Gasteiger partial charge in [0.15, 0.2) is 5.76 Å². The molecule has 6 nitrogen and oxygen atoms in total. The van der Waals surface area contributed by atoms with Crippen molar-refractivity contribution in [1.82, 2.24) is 9.80 Å². The van der Waals surface area contributed by atoms with E-state index in [9.17, 15) is 14.7 Å². The van der Waals surface area contributed by atoms with Gasteiger partial charge in [0.25, 0.3) is 11.8 Å². The van der Waals surface area contributed by atoms with Crippen molar-refractivity contribution in [2.45, 2.75) is 0 Å². The number of hydrogen-bond donors (Lipinski definition) is 1. The smallest absolute Gasteiger partial charge is 0.296 e. The van der Waals surface area contributed by atoms with Gasteiger partial charge in [0.1, 0.15) is 0 Å². The predicted molar refractivity (Wildman–Crippen MR) is 80.0 cm³/mol. The summed E-state index contributed by atoms with van der Waals surface area (Å²) in [6.07, 6.45) is 0. The van der Waals surface area contributed by atoms with Crippen LogP contribution in [0.1, 0.15) is 5.56 Å². The summed E-state index contributed by atoms with van der Waals surface area (Å²) in [6, 6.07) is 8.77. The second-order valence-electron chi connectivity index (χ2n) is 5.31. The fraction of sp³-hybridized carbons (Fsp3) is 0.375. The third-order valence-electron chi connectivity index (χ3n) is 3.95. The number of aliphatic hydroxyl groups excluding tert-OH is 1. The summed E-state index contributed by atoms with van der Waals surface area (Å²) in [6.45, 7) is 3.79. The van der Waals surface area contributed by atoms with E-state index < -0.39 is 17.6 Å². The molecule has 3 rings (SSSR count). The lowest BCUT2D eigenvalue weighted by atomic mass is 10.1. The first-order valence-electron chi connectivity index (χ1n) is 7.33. The molecule has 0 atom stereocenters. The molecule has 1 saturated heterocycles. The van der Waals surface area contributed by atoms with Crippen molar-refractivity contribution in [1.29, 1.82) is 0 Å². The Morgan fingerprint density at radius 2 is 1.68 bits per heavy atom. The van der Waals surface area contributed by atoms with Crippen molar-refractivity contribution in [3.05, 3.63) is 41.7 Å². The zero-order valence-electron chi connectivity index (χ0n) is 12.2. The maximum Gasteiger partial charge on any atom is 0.296 e. The van der Waals surface area contributed by atoms with Crippen molar-refractivity contribution >= 4 is 17.4 Å². The molecule has 0 bridgehead atoms. The van der Waals surface area contributed by atoms with Crippen LogP contribution < -0.4 is 0 Å². The first-order chi connectivity index (χ1) is 10.7. The topological polar surface area (TPSA) is 70.1 Å². The van der Waals surface area contributed by atoms with Crippen LogP contribution in [0.25, 0.3) is 5.57 Å². The Labute approximate surface area is 128 Å². The molecule has 0 aliphatic carbocycles. The molecule has 1 aromatic carbocycles. The van der Waals surface area contributed by atoms with Crippen molar-refractivity contribution in [2.75, 3.05) is 39.4 Å². The minimum absolute atomic E-state index is 0.0903. The van der Waals surface area contributed by atoms with Gasteiger partial charge in [0, 0.05) is 26.2 Å². The van der Waals surface area contributed by atoms with Gasteiger partial charge in [0.2, 0.25) is 0 Å². The molecule has 2 aliphatic heterocycles. The lowest BCUT2D eigenvalue weighted by Gasteiger charge is -2.28. The Kier molecular flexibility index (Phi) is 4.22. The van der Waals surface area contributed by atoms with Crippen LogP contribution in [0.15, 0.2) is 36.1 Å². The summed E-state index contributed by atoms with van der Waals surface area (Å²) >= 11 is 0. The van der Waals surface area contributed by atoms with Crippen LogP contribution >= 0.6 is 0 Å². The van der Waals surface area contributed by atoms with Crippen LogP contribution in [0, 0.1) is 0 Å². The molecule has 6 heteroatoms. The molecular formula is C16H18N2O4. The summed E-state index contributed by atoms with van der Waals surface area (Å²) in [7, 11) is 0. The van der Waals surface area contributed by atoms with E-state index >= 15 is 0 Å². The molecule has 0 spiro atoms. The maximum atomic E-state index is 12.4. The molecular weight excluding hydrogens is 284 g/mol. The van der Waals surface area contributed by atoms with E-state index in [0.29, 0.717) is 25.3 Å². The van der Waals surface area contributed by atoms with E-state index in [0.717, 1.165) is 18.0 Å².